The summed E-state index contributed by atoms with van der Waals surface area (Å²) in [5.41, 5.74) is 1.75. The van der Waals surface area contributed by atoms with Gasteiger partial charge in [0.05, 0.1) is 13.2 Å². The molecular formula is C24H26B10O6. The first kappa shape index (κ1) is 33.4. The highest BCUT2D eigenvalue weighted by Gasteiger charge is 2.50. The number of hydrogen-bond acceptors (Lipinski definition) is 6. The molecule has 3 rings (SSSR count). The van der Waals surface area contributed by atoms with Gasteiger partial charge in [-0.25, -0.2) is 0 Å². The fourth-order valence-electron chi connectivity index (χ4n) is 4.17. The van der Waals surface area contributed by atoms with E-state index >= 15 is 0 Å². The first-order chi connectivity index (χ1) is 19.0. The van der Waals surface area contributed by atoms with E-state index in [4.69, 9.17) is 64.1 Å². The van der Waals surface area contributed by atoms with Gasteiger partial charge in [-0.1, -0.05) is 36.5 Å². The molecule has 40 heavy (non-hydrogen) atoms. The molecule has 1 atom stereocenters. The van der Waals surface area contributed by atoms with E-state index in [1.807, 2.05) is 36.4 Å². The highest BCUT2D eigenvalue weighted by Crippen LogP contribution is 2.39. The predicted molar refractivity (Wildman–Crippen MR) is 170 cm³/mol. The maximum absolute atomic E-state index is 10.9. The summed E-state index contributed by atoms with van der Waals surface area (Å²) in [4.78, 5) is 21.5. The van der Waals surface area contributed by atoms with Crippen LogP contribution in [0.15, 0.2) is 48.5 Å². The van der Waals surface area contributed by atoms with Gasteiger partial charge in [-0.15, -0.1) is 6.42 Å². The van der Waals surface area contributed by atoms with Crippen molar-refractivity contribution in [2.24, 2.45) is 0 Å². The highest BCUT2D eigenvalue weighted by atomic mass is 16.5. The molecule has 1 unspecified atom stereocenters. The van der Waals surface area contributed by atoms with Crippen molar-refractivity contribution in [1.82, 2.24) is 0 Å². The molecule has 16 heteroatoms. The van der Waals surface area contributed by atoms with Crippen LogP contribution in [0.2, 0.25) is 12.1 Å². The van der Waals surface area contributed by atoms with Crippen LogP contribution in [-0.2, 0) is 32.3 Å². The van der Waals surface area contributed by atoms with E-state index in [9.17, 15) is 9.59 Å². The summed E-state index contributed by atoms with van der Waals surface area (Å²) in [5.74, 6) is 3.49. The average Bonchev–Trinajstić information content (AvgIpc) is 3.67. The minimum atomic E-state index is -0.653. The monoisotopic (exact) mass is 520 g/mol. The van der Waals surface area contributed by atoms with Crippen LogP contribution >= 0.6 is 0 Å². The van der Waals surface area contributed by atoms with Gasteiger partial charge >= 0.3 is 11.9 Å². The SMILES string of the molecule is C#CCOc1cccc(COC(C)=O)c1.[B]B([B])B([B])B(B([B])[B])B1CC1COc1cccc(COC(C)=O)c1. The Morgan fingerprint density at radius 3 is 1.88 bits per heavy atom. The van der Waals surface area contributed by atoms with Crippen molar-refractivity contribution in [1.29, 1.82) is 0 Å². The Morgan fingerprint density at radius 2 is 1.43 bits per heavy atom. The molecule has 1 fully saturated rings. The van der Waals surface area contributed by atoms with Crippen molar-refractivity contribution in [2.45, 2.75) is 39.2 Å². The topological polar surface area (TPSA) is 71.1 Å². The van der Waals surface area contributed by atoms with E-state index in [-0.39, 0.29) is 44.7 Å². The molecule has 0 spiro atoms. The molecule has 0 aliphatic carbocycles. The van der Waals surface area contributed by atoms with Crippen LogP contribution in [0.3, 0.4) is 0 Å². The van der Waals surface area contributed by atoms with Gasteiger partial charge in [-0.05, 0) is 41.2 Å². The van der Waals surface area contributed by atoms with Crippen LogP contribution in [0.1, 0.15) is 25.0 Å². The summed E-state index contributed by atoms with van der Waals surface area (Å²) < 4.78 is 20.9. The molecule has 0 amide bonds. The summed E-state index contributed by atoms with van der Waals surface area (Å²) in [6.45, 7) is 4.26. The number of rotatable bonds is 13. The number of benzene rings is 2. The van der Waals surface area contributed by atoms with Crippen molar-refractivity contribution >= 4 is 82.8 Å². The Kier molecular flexibility index (Phi) is 14.3. The quantitative estimate of drug-likeness (QED) is 0.217. The maximum Gasteiger partial charge on any atom is 0.302 e. The van der Waals surface area contributed by atoms with Crippen LogP contribution in [0, 0.1) is 12.3 Å². The Balaban J connectivity index is 0.000000319. The minimum Gasteiger partial charge on any atom is -0.494 e. The number of esters is 2. The minimum absolute atomic E-state index is 0.135. The van der Waals surface area contributed by atoms with E-state index in [1.165, 1.54) is 13.8 Å². The second-order valence-corrected chi connectivity index (χ2v) is 9.63. The third-order valence-electron chi connectivity index (χ3n) is 6.27. The first-order valence-electron chi connectivity index (χ1n) is 12.9. The molecule has 2 aromatic carbocycles. The zero-order valence-electron chi connectivity index (χ0n) is 23.0. The molecule has 0 saturated carbocycles. The van der Waals surface area contributed by atoms with Gasteiger partial charge in [0.2, 0.25) is 0 Å². The number of ether oxygens (including phenoxy) is 4. The maximum atomic E-state index is 10.9. The molecule has 1 aliphatic rings. The average molecular weight is 519 g/mol. The lowest BCUT2D eigenvalue weighted by molar-refractivity contribution is -0.143. The molecule has 0 bridgehead atoms. The van der Waals surface area contributed by atoms with Gasteiger partial charge in [0.25, 0.3) is 0 Å². The lowest BCUT2D eigenvalue weighted by Gasteiger charge is -2.25. The lowest BCUT2D eigenvalue weighted by atomic mass is 8.57. The normalized spacial score (nSPS) is 12.9. The van der Waals surface area contributed by atoms with Crippen molar-refractivity contribution in [3.8, 4) is 23.8 Å². The summed E-state index contributed by atoms with van der Waals surface area (Å²) in [5, 5.41) is 0. The van der Waals surface area contributed by atoms with E-state index in [0.717, 1.165) is 23.2 Å². The number of carbonyl (C=O) groups is 2. The van der Waals surface area contributed by atoms with Crippen molar-refractivity contribution in [3.05, 3.63) is 59.7 Å². The van der Waals surface area contributed by atoms with Crippen molar-refractivity contribution in [2.75, 3.05) is 13.2 Å². The van der Waals surface area contributed by atoms with Crippen molar-refractivity contribution in [3.63, 3.8) is 0 Å². The summed E-state index contributed by atoms with van der Waals surface area (Å²) in [6.07, 6.45) is 4.21. The van der Waals surface area contributed by atoms with Crippen LogP contribution in [0.25, 0.3) is 0 Å². The predicted octanol–water partition coefficient (Wildman–Crippen LogP) is 0.388. The molecule has 1 aliphatic heterocycles. The Hall–Kier alpha value is -2.81. The standard InChI is InChI=1S/C12H14B10O3.C12H12O3/c1-9(23)24-7-10-3-2-4-12(5-10)25-8-11-6-18(11)22(20(15)16)21(17)19(13)14;1-3-7-14-12-6-4-5-11(8-12)9-15-10(2)13/h2-5,11H,6-8H2,1H3;1,4-6,8H,7,9H2,2H3. The molecule has 6 nitrogen and oxygen atoms in total. The molecular weight excluding hydrogens is 492 g/mol. The number of hydrogen-bond donors (Lipinski definition) is 0. The largest absolute Gasteiger partial charge is 0.494 e. The van der Waals surface area contributed by atoms with Gasteiger partial charge in [-0.2, -0.15) is 0 Å². The zero-order chi connectivity index (χ0) is 29.7. The highest BCUT2D eigenvalue weighted by molar-refractivity contribution is 8.01. The molecule has 0 N–H and O–H groups in total. The first-order valence-corrected chi connectivity index (χ1v) is 12.9. The number of terminal acetylenes is 1. The molecule has 1 saturated heterocycles. The van der Waals surface area contributed by atoms with Crippen LogP contribution in [-0.4, -0.2) is 96.0 Å². The second-order valence-electron chi connectivity index (χ2n) is 9.63. The van der Waals surface area contributed by atoms with E-state index in [2.05, 4.69) is 5.92 Å². The molecule has 10 radical (unpaired) electrons. The smallest absolute Gasteiger partial charge is 0.302 e. The van der Waals surface area contributed by atoms with Gasteiger partial charge in [0.1, 0.15) is 31.3 Å². The summed E-state index contributed by atoms with van der Waals surface area (Å²) >= 11 is 0. The summed E-state index contributed by atoms with van der Waals surface area (Å²) in [6, 6.07) is 14.7. The van der Waals surface area contributed by atoms with Crippen molar-refractivity contribution < 1.29 is 28.5 Å². The molecule has 1 heterocycles. The Morgan fingerprint density at radius 1 is 0.900 bits per heavy atom. The summed E-state index contributed by atoms with van der Waals surface area (Å²) in [7, 11) is 29.2. The van der Waals surface area contributed by atoms with Crippen LogP contribution in [0.4, 0.5) is 0 Å². The van der Waals surface area contributed by atoms with Crippen LogP contribution in [0.5, 0.6) is 11.5 Å². The van der Waals surface area contributed by atoms with Gasteiger partial charge in [-0.3, -0.25) is 9.59 Å². The third-order valence-corrected chi connectivity index (χ3v) is 6.27. The third kappa shape index (κ3) is 12.1. The lowest BCUT2D eigenvalue weighted by Crippen LogP contribution is -2.63. The zero-order valence-corrected chi connectivity index (χ0v) is 23.0. The second kappa shape index (κ2) is 17.1. The van der Waals surface area contributed by atoms with E-state index in [0.29, 0.717) is 18.2 Å². The van der Waals surface area contributed by atoms with Gasteiger partial charge in [0.15, 0.2) is 0 Å². The van der Waals surface area contributed by atoms with Crippen LogP contribution < -0.4 is 9.47 Å². The van der Waals surface area contributed by atoms with E-state index < -0.39 is 19.2 Å². The fourth-order valence-corrected chi connectivity index (χ4v) is 4.17. The van der Waals surface area contributed by atoms with Gasteiger partial charge in [0, 0.05) is 78.1 Å². The molecule has 0 aromatic heterocycles. The molecule has 2 aromatic rings. The molecule has 188 valence electrons. The Labute approximate surface area is 246 Å². The van der Waals surface area contributed by atoms with Gasteiger partial charge < -0.3 is 18.9 Å². The Bertz CT molecular complexity index is 1150. The van der Waals surface area contributed by atoms with E-state index in [1.54, 1.807) is 12.1 Å². The fraction of sp³-hybridized carbons (Fsp3) is 0.333. The number of carbonyl (C=O) groups excluding carboxylic acids is 2.